The van der Waals surface area contributed by atoms with Crippen LogP contribution >= 0.6 is 0 Å². The Kier molecular flexibility index (Phi) is 2.35. The quantitative estimate of drug-likeness (QED) is 0.685. The van der Waals surface area contributed by atoms with Gasteiger partial charge in [-0.2, -0.15) is 0 Å². The lowest BCUT2D eigenvalue weighted by molar-refractivity contribution is 0.122. The van der Waals surface area contributed by atoms with E-state index in [1.807, 2.05) is 0 Å². The number of benzene rings is 1. The summed E-state index contributed by atoms with van der Waals surface area (Å²) in [6.07, 6.45) is 0.365. The predicted octanol–water partition coefficient (Wildman–Crippen LogP) is 1.59. The maximum absolute atomic E-state index is 5.33. The fourth-order valence-corrected chi connectivity index (χ4v) is 1.96. The highest BCUT2D eigenvalue weighted by Gasteiger charge is 2.24. The molecule has 2 aliphatic rings. The van der Waals surface area contributed by atoms with Gasteiger partial charge >= 0.3 is 0 Å². The summed E-state index contributed by atoms with van der Waals surface area (Å²) in [5.74, 6) is 0. The second kappa shape index (κ2) is 3.83. The molecule has 2 fully saturated rings. The maximum Gasteiger partial charge on any atom is 0.106 e. The minimum absolute atomic E-state index is 0.365. The Morgan fingerprint density at radius 1 is 1.07 bits per heavy atom. The molecule has 1 aromatic carbocycles. The average Bonchev–Trinajstić information content (AvgIpc) is 3.15. The number of morpholine rings is 1. The Labute approximate surface area is 89.6 Å². The molecule has 0 amide bonds. The topological polar surface area (TPSA) is 25.0 Å². The molecule has 3 rings (SSSR count). The number of epoxide rings is 1. The second-order valence-corrected chi connectivity index (χ2v) is 4.01. The standard InChI is InChI=1S/C12H15NO2/c1-3-11(13-5-7-14-8-6-13)4-2-10(1)12-9-15-12/h1-4,12H,5-9H2. The summed E-state index contributed by atoms with van der Waals surface area (Å²) in [6.45, 7) is 4.57. The molecule has 0 bridgehead atoms. The van der Waals surface area contributed by atoms with Crippen molar-refractivity contribution in [2.75, 3.05) is 37.8 Å². The van der Waals surface area contributed by atoms with Crippen LogP contribution in [0.2, 0.25) is 0 Å². The van der Waals surface area contributed by atoms with Gasteiger partial charge in [-0.1, -0.05) is 12.1 Å². The van der Waals surface area contributed by atoms with Crippen LogP contribution in [-0.4, -0.2) is 32.9 Å². The molecule has 80 valence electrons. The number of hydrogen-bond acceptors (Lipinski definition) is 3. The summed E-state index contributed by atoms with van der Waals surface area (Å²) in [7, 11) is 0. The fourth-order valence-electron chi connectivity index (χ4n) is 1.96. The van der Waals surface area contributed by atoms with E-state index in [1.54, 1.807) is 0 Å². The first-order chi connectivity index (χ1) is 7.43. The summed E-state index contributed by atoms with van der Waals surface area (Å²) in [5, 5.41) is 0. The number of anilines is 1. The predicted molar refractivity (Wildman–Crippen MR) is 58.2 cm³/mol. The van der Waals surface area contributed by atoms with E-state index in [0.717, 1.165) is 32.9 Å². The minimum Gasteiger partial charge on any atom is -0.378 e. The monoisotopic (exact) mass is 205 g/mol. The highest BCUT2D eigenvalue weighted by Crippen LogP contribution is 2.30. The van der Waals surface area contributed by atoms with Gasteiger partial charge in [0.25, 0.3) is 0 Å². The molecule has 0 radical (unpaired) electrons. The summed E-state index contributed by atoms with van der Waals surface area (Å²) in [4.78, 5) is 2.36. The van der Waals surface area contributed by atoms with E-state index in [2.05, 4.69) is 29.2 Å². The molecule has 2 heterocycles. The highest BCUT2D eigenvalue weighted by molar-refractivity contribution is 5.48. The fraction of sp³-hybridized carbons (Fsp3) is 0.500. The average molecular weight is 205 g/mol. The molecular formula is C12H15NO2. The Morgan fingerprint density at radius 3 is 2.33 bits per heavy atom. The van der Waals surface area contributed by atoms with Gasteiger partial charge in [0.15, 0.2) is 0 Å². The summed E-state index contributed by atoms with van der Waals surface area (Å²) >= 11 is 0. The molecule has 0 spiro atoms. The molecule has 0 aromatic heterocycles. The molecule has 1 aromatic rings. The van der Waals surface area contributed by atoms with Gasteiger partial charge < -0.3 is 14.4 Å². The van der Waals surface area contributed by atoms with Crippen LogP contribution in [0.25, 0.3) is 0 Å². The van der Waals surface area contributed by atoms with E-state index < -0.39 is 0 Å². The first-order valence-corrected chi connectivity index (χ1v) is 5.48. The zero-order valence-electron chi connectivity index (χ0n) is 8.69. The lowest BCUT2D eigenvalue weighted by atomic mass is 10.1. The molecule has 2 aliphatic heterocycles. The van der Waals surface area contributed by atoms with E-state index >= 15 is 0 Å². The van der Waals surface area contributed by atoms with Crippen molar-refractivity contribution in [1.29, 1.82) is 0 Å². The molecule has 1 unspecified atom stereocenters. The van der Waals surface area contributed by atoms with Gasteiger partial charge in [0.2, 0.25) is 0 Å². The third-order valence-corrected chi connectivity index (χ3v) is 2.97. The van der Waals surface area contributed by atoms with Crippen molar-refractivity contribution in [1.82, 2.24) is 0 Å². The molecule has 2 saturated heterocycles. The maximum atomic E-state index is 5.33. The Morgan fingerprint density at radius 2 is 1.73 bits per heavy atom. The van der Waals surface area contributed by atoms with Crippen LogP contribution < -0.4 is 4.90 Å². The van der Waals surface area contributed by atoms with Crippen molar-refractivity contribution in [2.24, 2.45) is 0 Å². The van der Waals surface area contributed by atoms with Crippen LogP contribution in [0.3, 0.4) is 0 Å². The minimum atomic E-state index is 0.365. The van der Waals surface area contributed by atoms with Crippen LogP contribution in [0.15, 0.2) is 24.3 Å². The molecular weight excluding hydrogens is 190 g/mol. The second-order valence-electron chi connectivity index (χ2n) is 4.01. The first-order valence-electron chi connectivity index (χ1n) is 5.48. The first kappa shape index (κ1) is 9.19. The highest BCUT2D eigenvalue weighted by atomic mass is 16.6. The zero-order chi connectivity index (χ0) is 10.1. The Balaban J connectivity index is 1.73. The molecule has 0 N–H and O–H groups in total. The Hall–Kier alpha value is -1.06. The number of ether oxygens (including phenoxy) is 2. The number of rotatable bonds is 2. The van der Waals surface area contributed by atoms with E-state index in [0.29, 0.717) is 6.10 Å². The van der Waals surface area contributed by atoms with Crippen molar-refractivity contribution < 1.29 is 9.47 Å². The zero-order valence-corrected chi connectivity index (χ0v) is 8.69. The third-order valence-electron chi connectivity index (χ3n) is 2.97. The molecule has 3 heteroatoms. The summed E-state index contributed by atoms with van der Waals surface area (Å²) < 4.78 is 10.6. The van der Waals surface area contributed by atoms with Gasteiger partial charge in [0.1, 0.15) is 6.10 Å². The number of nitrogens with zero attached hydrogens (tertiary/aromatic N) is 1. The van der Waals surface area contributed by atoms with Crippen LogP contribution in [-0.2, 0) is 9.47 Å². The molecule has 0 aliphatic carbocycles. The molecule has 3 nitrogen and oxygen atoms in total. The van der Waals surface area contributed by atoms with Gasteiger partial charge in [-0.15, -0.1) is 0 Å². The van der Waals surface area contributed by atoms with Crippen LogP contribution in [0.4, 0.5) is 5.69 Å². The van der Waals surface area contributed by atoms with Crippen molar-refractivity contribution in [3.8, 4) is 0 Å². The van der Waals surface area contributed by atoms with Gasteiger partial charge in [-0.05, 0) is 17.7 Å². The van der Waals surface area contributed by atoms with Crippen LogP contribution in [0, 0.1) is 0 Å². The summed E-state index contributed by atoms with van der Waals surface area (Å²) in [6, 6.07) is 8.70. The Bertz CT molecular complexity index is 326. The van der Waals surface area contributed by atoms with Gasteiger partial charge in [0, 0.05) is 18.8 Å². The van der Waals surface area contributed by atoms with Crippen molar-refractivity contribution >= 4 is 5.69 Å². The van der Waals surface area contributed by atoms with Crippen molar-refractivity contribution in [2.45, 2.75) is 6.10 Å². The van der Waals surface area contributed by atoms with E-state index in [-0.39, 0.29) is 0 Å². The molecule has 0 saturated carbocycles. The lowest BCUT2D eigenvalue weighted by Gasteiger charge is -2.28. The largest absolute Gasteiger partial charge is 0.378 e. The molecule has 15 heavy (non-hydrogen) atoms. The van der Waals surface area contributed by atoms with E-state index in [9.17, 15) is 0 Å². The van der Waals surface area contributed by atoms with E-state index in [1.165, 1.54) is 11.3 Å². The normalized spacial score (nSPS) is 25.3. The molecule has 1 atom stereocenters. The van der Waals surface area contributed by atoms with Crippen molar-refractivity contribution in [3.05, 3.63) is 29.8 Å². The van der Waals surface area contributed by atoms with Crippen LogP contribution in [0.5, 0.6) is 0 Å². The SMILES string of the molecule is c1cc(N2CCOCC2)ccc1C1CO1. The van der Waals surface area contributed by atoms with E-state index in [4.69, 9.17) is 9.47 Å². The smallest absolute Gasteiger partial charge is 0.106 e. The van der Waals surface area contributed by atoms with Crippen molar-refractivity contribution in [3.63, 3.8) is 0 Å². The van der Waals surface area contributed by atoms with Gasteiger partial charge in [0.05, 0.1) is 19.8 Å². The third kappa shape index (κ3) is 1.98. The lowest BCUT2D eigenvalue weighted by Crippen LogP contribution is -2.36. The number of hydrogen-bond donors (Lipinski definition) is 0. The van der Waals surface area contributed by atoms with Gasteiger partial charge in [-0.25, -0.2) is 0 Å². The van der Waals surface area contributed by atoms with Crippen LogP contribution in [0.1, 0.15) is 11.7 Å². The summed E-state index contributed by atoms with van der Waals surface area (Å²) in [5.41, 5.74) is 2.59. The van der Waals surface area contributed by atoms with Gasteiger partial charge in [-0.3, -0.25) is 0 Å².